The van der Waals surface area contributed by atoms with E-state index in [0.29, 0.717) is 6.42 Å². The van der Waals surface area contributed by atoms with Gasteiger partial charge < -0.3 is 25.2 Å². The molecule has 0 aromatic carbocycles. The van der Waals surface area contributed by atoms with Gasteiger partial charge in [-0.25, -0.2) is 8.37 Å². The van der Waals surface area contributed by atoms with Gasteiger partial charge in [-0.3, -0.25) is 0 Å². The Bertz CT molecular complexity index is 426. The minimum Gasteiger partial charge on any atom is -0.388 e. The summed E-state index contributed by atoms with van der Waals surface area (Å²) in [7, 11) is -4.34. The molecule has 10 heteroatoms. The molecule has 4 N–H and O–H groups in total. The maximum atomic E-state index is 11.4. The highest BCUT2D eigenvalue weighted by Gasteiger charge is 2.31. The van der Waals surface area contributed by atoms with E-state index in [1.165, 1.54) is 0 Å². The maximum absolute atomic E-state index is 11.4. The highest BCUT2D eigenvalue weighted by Crippen LogP contribution is 2.09. The minimum absolute atomic E-state index is 0.0260. The minimum atomic E-state index is -4.34. The molecule has 0 spiro atoms. The molecule has 144 valence electrons. The highest BCUT2D eigenvalue weighted by atomic mass is 32.3. The van der Waals surface area contributed by atoms with Crippen LogP contribution in [-0.2, 0) is 23.6 Å². The second kappa shape index (κ2) is 12.7. The first kappa shape index (κ1) is 23.4. The Morgan fingerprint density at radius 2 is 1.50 bits per heavy atom. The molecule has 0 rings (SSSR count). The summed E-state index contributed by atoms with van der Waals surface area (Å²) in [5.41, 5.74) is 0. The number of hydrogen-bond acceptors (Lipinski definition) is 9. The van der Waals surface area contributed by atoms with Gasteiger partial charge in [0.25, 0.3) is 0 Å². The molecule has 9 nitrogen and oxygen atoms in total. The first-order valence-corrected chi connectivity index (χ1v) is 9.29. The van der Waals surface area contributed by atoms with Gasteiger partial charge in [-0.05, 0) is 6.42 Å². The Morgan fingerprint density at radius 3 is 2.08 bits per heavy atom. The molecule has 0 heterocycles. The third kappa shape index (κ3) is 10.3. The summed E-state index contributed by atoms with van der Waals surface area (Å²) in [6.45, 7) is 1.15. The van der Waals surface area contributed by atoms with E-state index in [-0.39, 0.29) is 12.9 Å². The van der Waals surface area contributed by atoms with E-state index in [2.05, 4.69) is 15.3 Å². The largest absolute Gasteiger partial charge is 0.399 e. The quantitative estimate of drug-likeness (QED) is 0.215. The molecule has 0 bridgehead atoms. The molecule has 24 heavy (non-hydrogen) atoms. The molecule has 0 aliphatic rings. The van der Waals surface area contributed by atoms with Crippen LogP contribution in [0.5, 0.6) is 0 Å². The molecular weight excluding hydrogens is 344 g/mol. The molecule has 4 atom stereocenters. The summed E-state index contributed by atoms with van der Waals surface area (Å²) in [6.07, 6.45) is -2.00. The molecule has 0 aromatic rings. The zero-order chi connectivity index (χ0) is 18.6. The summed E-state index contributed by atoms with van der Waals surface area (Å²) in [5, 5.41) is 37.3. The van der Waals surface area contributed by atoms with Crippen LogP contribution in [0.15, 0.2) is 0 Å². The predicted octanol–water partition coefficient (Wildman–Crippen LogP) is -0.733. The van der Waals surface area contributed by atoms with E-state index in [1.807, 2.05) is 0 Å². The molecule has 0 unspecified atom stereocenters. The summed E-state index contributed by atoms with van der Waals surface area (Å²) in [4.78, 5) is 10.3. The first-order valence-electron chi connectivity index (χ1n) is 7.96. The van der Waals surface area contributed by atoms with Gasteiger partial charge in [-0.15, -0.1) is 0 Å². The number of aldehydes is 1. The van der Waals surface area contributed by atoms with Crippen LogP contribution in [0.4, 0.5) is 0 Å². The zero-order valence-corrected chi connectivity index (χ0v) is 14.6. The van der Waals surface area contributed by atoms with Crippen molar-refractivity contribution in [2.45, 2.75) is 69.9 Å². The van der Waals surface area contributed by atoms with Crippen molar-refractivity contribution in [3.63, 3.8) is 0 Å². The molecule has 0 fully saturated rings. The van der Waals surface area contributed by atoms with Gasteiger partial charge in [0.05, 0.1) is 13.2 Å². The number of carbonyl (C=O) groups excluding carboxylic acids is 1. The van der Waals surface area contributed by atoms with Crippen molar-refractivity contribution in [3.8, 4) is 0 Å². The van der Waals surface area contributed by atoms with Crippen molar-refractivity contribution < 1.29 is 42.0 Å². The summed E-state index contributed by atoms with van der Waals surface area (Å²) < 4.78 is 31.9. The molecule has 0 radical (unpaired) electrons. The Kier molecular flexibility index (Phi) is 12.4. The van der Waals surface area contributed by atoms with Crippen molar-refractivity contribution in [3.05, 3.63) is 0 Å². The lowest BCUT2D eigenvalue weighted by Crippen LogP contribution is -2.46. The fourth-order valence-electron chi connectivity index (χ4n) is 1.84. The van der Waals surface area contributed by atoms with E-state index < -0.39 is 41.4 Å². The number of unbranched alkanes of at least 4 members (excludes halogenated alkanes) is 5. The summed E-state index contributed by atoms with van der Waals surface area (Å²) in [5.74, 6) is 0. The maximum Gasteiger partial charge on any atom is 0.399 e. The van der Waals surface area contributed by atoms with Gasteiger partial charge in [-0.2, -0.15) is 8.42 Å². The van der Waals surface area contributed by atoms with Gasteiger partial charge in [0.15, 0.2) is 6.29 Å². The second-order valence-corrected chi connectivity index (χ2v) is 6.75. The van der Waals surface area contributed by atoms with Crippen molar-refractivity contribution in [1.82, 2.24) is 0 Å². The standard InChI is InChI=1S/C14H28O9S/c1-2-3-4-5-6-7-8-22-24(20,21)23-10-12(17)14(19)13(18)11(16)9-15/h9,11-14,16-19H,2-8,10H2,1H3/t11-,12+,13+,14+/m0/s1. The molecule has 0 aromatic heterocycles. The molecule has 0 aliphatic heterocycles. The SMILES string of the molecule is CCCCCCCCOS(=O)(=O)OC[C@@H](O)[C@@H](O)[C@H](O)[C@@H](O)C=O. The lowest BCUT2D eigenvalue weighted by molar-refractivity contribution is -0.135. The Balaban J connectivity index is 4.03. The van der Waals surface area contributed by atoms with Crippen LogP contribution in [-0.4, -0.2) is 72.8 Å². The number of rotatable bonds is 15. The summed E-state index contributed by atoms with van der Waals surface area (Å²) >= 11 is 0. The average molecular weight is 372 g/mol. The third-order valence-corrected chi connectivity index (χ3v) is 4.22. The predicted molar refractivity (Wildman–Crippen MR) is 84.3 cm³/mol. The third-order valence-electron chi connectivity index (χ3n) is 3.34. The van der Waals surface area contributed by atoms with Crippen LogP contribution >= 0.6 is 0 Å². The second-order valence-electron chi connectivity index (χ2n) is 5.46. The van der Waals surface area contributed by atoms with Crippen LogP contribution in [0.2, 0.25) is 0 Å². The molecular formula is C14H28O9S. The molecule has 0 amide bonds. The van der Waals surface area contributed by atoms with Crippen LogP contribution in [0, 0.1) is 0 Å². The number of aliphatic hydroxyl groups is 4. The smallest absolute Gasteiger partial charge is 0.388 e. The van der Waals surface area contributed by atoms with E-state index >= 15 is 0 Å². The molecule has 0 saturated carbocycles. The van der Waals surface area contributed by atoms with Gasteiger partial charge in [0, 0.05) is 0 Å². The lowest BCUT2D eigenvalue weighted by Gasteiger charge is -2.23. The Hall–Kier alpha value is -0.620. The highest BCUT2D eigenvalue weighted by molar-refractivity contribution is 7.81. The van der Waals surface area contributed by atoms with Crippen LogP contribution in [0.3, 0.4) is 0 Å². The molecule has 0 saturated heterocycles. The van der Waals surface area contributed by atoms with Crippen LogP contribution in [0.1, 0.15) is 45.4 Å². The van der Waals surface area contributed by atoms with Crippen LogP contribution < -0.4 is 0 Å². The van der Waals surface area contributed by atoms with Crippen molar-refractivity contribution >= 4 is 16.7 Å². The van der Waals surface area contributed by atoms with Gasteiger partial charge in [0.2, 0.25) is 0 Å². The number of carbonyl (C=O) groups is 1. The fourth-order valence-corrected chi connectivity index (χ4v) is 2.54. The van der Waals surface area contributed by atoms with Gasteiger partial charge in [-0.1, -0.05) is 39.0 Å². The van der Waals surface area contributed by atoms with Gasteiger partial charge >= 0.3 is 10.4 Å². The average Bonchev–Trinajstić information content (AvgIpc) is 2.56. The normalized spacial score (nSPS) is 17.2. The lowest BCUT2D eigenvalue weighted by atomic mass is 10.0. The van der Waals surface area contributed by atoms with E-state index in [1.54, 1.807) is 0 Å². The van der Waals surface area contributed by atoms with E-state index in [0.717, 1.165) is 32.1 Å². The van der Waals surface area contributed by atoms with E-state index in [9.17, 15) is 28.5 Å². The van der Waals surface area contributed by atoms with Crippen molar-refractivity contribution in [2.24, 2.45) is 0 Å². The number of aliphatic hydroxyl groups excluding tert-OH is 4. The monoisotopic (exact) mass is 372 g/mol. The van der Waals surface area contributed by atoms with Gasteiger partial charge in [0.1, 0.15) is 24.4 Å². The first-order chi connectivity index (χ1) is 11.2. The van der Waals surface area contributed by atoms with Crippen molar-refractivity contribution in [2.75, 3.05) is 13.2 Å². The zero-order valence-electron chi connectivity index (χ0n) is 13.8. The Morgan fingerprint density at radius 1 is 0.917 bits per heavy atom. The number of hydrogen-bond donors (Lipinski definition) is 4. The fraction of sp³-hybridized carbons (Fsp3) is 0.929. The summed E-state index contributed by atoms with van der Waals surface area (Å²) in [6, 6.07) is 0. The Labute approximate surface area is 142 Å². The molecule has 0 aliphatic carbocycles. The topological polar surface area (TPSA) is 151 Å². The van der Waals surface area contributed by atoms with Crippen molar-refractivity contribution in [1.29, 1.82) is 0 Å². The van der Waals surface area contributed by atoms with E-state index in [4.69, 9.17) is 5.11 Å². The van der Waals surface area contributed by atoms with Crippen LogP contribution in [0.25, 0.3) is 0 Å².